The topological polar surface area (TPSA) is 63.3 Å². The van der Waals surface area contributed by atoms with Crippen LogP contribution >= 0.6 is 11.8 Å². The van der Waals surface area contributed by atoms with E-state index in [2.05, 4.69) is 4.98 Å². The first-order chi connectivity index (χ1) is 8.49. The molecule has 0 aromatic carbocycles. The van der Waals surface area contributed by atoms with Crippen LogP contribution in [0.25, 0.3) is 0 Å². The van der Waals surface area contributed by atoms with Gasteiger partial charge in [-0.1, -0.05) is 11.8 Å². The summed E-state index contributed by atoms with van der Waals surface area (Å²) in [7, 11) is 0. The lowest BCUT2D eigenvalue weighted by Gasteiger charge is -2.09. The van der Waals surface area contributed by atoms with Gasteiger partial charge in [0, 0.05) is 10.6 Å². The number of carboxylic acid groups (broad SMARTS) is 1. The summed E-state index contributed by atoms with van der Waals surface area (Å²) >= 11 is 1.39. The van der Waals surface area contributed by atoms with Crippen LogP contribution < -0.4 is 0 Å². The van der Waals surface area contributed by atoms with Gasteiger partial charge < -0.3 is 9.52 Å². The van der Waals surface area contributed by atoms with Crippen molar-refractivity contribution >= 4 is 17.7 Å². The molecule has 2 heterocycles. The van der Waals surface area contributed by atoms with Gasteiger partial charge in [0.2, 0.25) is 0 Å². The molecule has 0 radical (unpaired) electrons. The summed E-state index contributed by atoms with van der Waals surface area (Å²) in [5.41, 5.74) is 1.60. The predicted octanol–water partition coefficient (Wildman–Crippen LogP) is 3.45. The van der Waals surface area contributed by atoms with Crippen molar-refractivity contribution in [1.82, 2.24) is 4.98 Å². The Morgan fingerprint density at radius 1 is 1.33 bits per heavy atom. The van der Waals surface area contributed by atoms with E-state index in [-0.39, 0.29) is 5.56 Å². The smallest absolute Gasteiger partial charge is 0.338 e. The minimum atomic E-state index is -0.955. The van der Waals surface area contributed by atoms with Gasteiger partial charge in [0.15, 0.2) is 0 Å². The Bertz CT molecular complexity index is 604. The number of hydrogen-bond donors (Lipinski definition) is 1. The van der Waals surface area contributed by atoms with Crippen molar-refractivity contribution in [2.45, 2.75) is 30.6 Å². The van der Waals surface area contributed by atoms with Crippen LogP contribution in [0.5, 0.6) is 0 Å². The molecule has 2 rings (SSSR count). The molecule has 0 aliphatic rings. The van der Waals surface area contributed by atoms with Gasteiger partial charge >= 0.3 is 5.97 Å². The molecule has 0 aliphatic heterocycles. The summed E-state index contributed by atoms with van der Waals surface area (Å²) in [5.74, 6) is -0.174. The average Bonchev–Trinajstić information content (AvgIpc) is 2.62. The largest absolute Gasteiger partial charge is 0.478 e. The maximum Gasteiger partial charge on any atom is 0.338 e. The molecule has 0 fully saturated rings. The third-order valence-corrected chi connectivity index (χ3v) is 3.72. The zero-order chi connectivity index (χ0) is 13.3. The number of nitrogens with zero attached hydrogens (tertiary/aromatic N) is 1. The normalized spacial score (nSPS) is 10.6. The standard InChI is InChI=1S/C13H13NO3S/c1-7-6-11(12(13(15)16)8(2)14-7)18-10-4-5-17-9(10)3/h4-6H,1-3H3,(H,15,16). The summed E-state index contributed by atoms with van der Waals surface area (Å²) in [6.45, 7) is 5.41. The van der Waals surface area contributed by atoms with Gasteiger partial charge in [-0.15, -0.1) is 0 Å². The minimum absolute atomic E-state index is 0.256. The highest BCUT2D eigenvalue weighted by Crippen LogP contribution is 2.34. The average molecular weight is 263 g/mol. The SMILES string of the molecule is Cc1cc(Sc2ccoc2C)c(C(=O)O)c(C)n1. The fraction of sp³-hybridized carbons (Fsp3) is 0.231. The van der Waals surface area contributed by atoms with Crippen LogP contribution in [-0.4, -0.2) is 16.1 Å². The Balaban J connectivity index is 2.49. The van der Waals surface area contributed by atoms with E-state index in [4.69, 9.17) is 4.42 Å². The van der Waals surface area contributed by atoms with Gasteiger partial charge in [-0.05, 0) is 32.9 Å². The van der Waals surface area contributed by atoms with Crippen molar-refractivity contribution in [2.75, 3.05) is 0 Å². The second-order valence-electron chi connectivity index (χ2n) is 3.97. The van der Waals surface area contributed by atoms with Gasteiger partial charge in [0.05, 0.1) is 22.4 Å². The number of pyridine rings is 1. The molecule has 2 aromatic heterocycles. The summed E-state index contributed by atoms with van der Waals surface area (Å²) in [6.07, 6.45) is 1.60. The number of carbonyl (C=O) groups is 1. The number of aromatic carboxylic acids is 1. The van der Waals surface area contributed by atoms with E-state index >= 15 is 0 Å². The highest BCUT2D eigenvalue weighted by molar-refractivity contribution is 7.99. The Labute approximate surface area is 109 Å². The first kappa shape index (κ1) is 12.7. The molecule has 0 saturated heterocycles. The zero-order valence-electron chi connectivity index (χ0n) is 10.4. The molecule has 94 valence electrons. The van der Waals surface area contributed by atoms with Gasteiger partial charge in [0.1, 0.15) is 5.76 Å². The number of aryl methyl sites for hydroxylation is 3. The minimum Gasteiger partial charge on any atom is -0.478 e. The third kappa shape index (κ3) is 2.41. The number of furan rings is 1. The van der Waals surface area contributed by atoms with Crippen LogP contribution in [-0.2, 0) is 0 Å². The number of carboxylic acids is 1. The molecule has 18 heavy (non-hydrogen) atoms. The monoisotopic (exact) mass is 263 g/mol. The zero-order valence-corrected chi connectivity index (χ0v) is 11.2. The fourth-order valence-electron chi connectivity index (χ4n) is 1.73. The summed E-state index contributed by atoms with van der Waals surface area (Å²) in [4.78, 5) is 17.1. The second kappa shape index (κ2) is 4.86. The number of rotatable bonds is 3. The third-order valence-electron chi connectivity index (χ3n) is 2.54. The molecular formula is C13H13NO3S. The molecule has 0 saturated carbocycles. The highest BCUT2D eigenvalue weighted by Gasteiger charge is 2.17. The van der Waals surface area contributed by atoms with Crippen LogP contribution in [0, 0.1) is 20.8 Å². The first-order valence-electron chi connectivity index (χ1n) is 5.42. The molecule has 1 N–H and O–H groups in total. The Morgan fingerprint density at radius 3 is 2.61 bits per heavy atom. The van der Waals surface area contributed by atoms with Crippen molar-refractivity contribution in [3.63, 3.8) is 0 Å². The molecular weight excluding hydrogens is 250 g/mol. The van der Waals surface area contributed by atoms with E-state index in [1.807, 2.05) is 19.9 Å². The lowest BCUT2D eigenvalue weighted by atomic mass is 10.2. The molecule has 5 heteroatoms. The van der Waals surface area contributed by atoms with E-state index in [1.165, 1.54) is 11.8 Å². The van der Waals surface area contributed by atoms with Gasteiger partial charge in [-0.3, -0.25) is 4.98 Å². The van der Waals surface area contributed by atoms with Crippen LogP contribution in [0.3, 0.4) is 0 Å². The van der Waals surface area contributed by atoms with Gasteiger partial charge in [-0.2, -0.15) is 0 Å². The molecule has 4 nitrogen and oxygen atoms in total. The molecule has 0 unspecified atom stereocenters. The number of aromatic nitrogens is 1. The molecule has 2 aromatic rings. The van der Waals surface area contributed by atoms with Crippen LogP contribution in [0.1, 0.15) is 27.5 Å². The quantitative estimate of drug-likeness (QED) is 0.918. The van der Waals surface area contributed by atoms with Crippen LogP contribution in [0.2, 0.25) is 0 Å². The maximum absolute atomic E-state index is 11.3. The van der Waals surface area contributed by atoms with Crippen molar-refractivity contribution in [1.29, 1.82) is 0 Å². The van der Waals surface area contributed by atoms with Crippen molar-refractivity contribution in [3.8, 4) is 0 Å². The highest BCUT2D eigenvalue weighted by atomic mass is 32.2. The number of hydrogen-bond acceptors (Lipinski definition) is 4. The van der Waals surface area contributed by atoms with Gasteiger partial charge in [0.25, 0.3) is 0 Å². The van der Waals surface area contributed by atoms with E-state index < -0.39 is 5.97 Å². The Hall–Kier alpha value is -1.75. The van der Waals surface area contributed by atoms with Crippen LogP contribution in [0.15, 0.2) is 32.6 Å². The maximum atomic E-state index is 11.3. The van der Waals surface area contributed by atoms with E-state index in [0.29, 0.717) is 10.6 Å². The van der Waals surface area contributed by atoms with Crippen LogP contribution in [0.4, 0.5) is 0 Å². The first-order valence-corrected chi connectivity index (χ1v) is 6.24. The van der Waals surface area contributed by atoms with Gasteiger partial charge in [-0.25, -0.2) is 4.79 Å². The van der Waals surface area contributed by atoms with Crippen molar-refractivity contribution < 1.29 is 14.3 Å². The molecule has 0 atom stereocenters. The Morgan fingerprint density at radius 2 is 2.06 bits per heavy atom. The summed E-state index contributed by atoms with van der Waals surface area (Å²) < 4.78 is 5.21. The lowest BCUT2D eigenvalue weighted by molar-refractivity contribution is 0.0691. The van der Waals surface area contributed by atoms with E-state index in [0.717, 1.165) is 16.3 Å². The molecule has 0 bridgehead atoms. The van der Waals surface area contributed by atoms with E-state index in [9.17, 15) is 9.90 Å². The summed E-state index contributed by atoms with van der Waals surface area (Å²) in [5, 5.41) is 9.26. The second-order valence-corrected chi connectivity index (χ2v) is 5.05. The summed E-state index contributed by atoms with van der Waals surface area (Å²) in [6, 6.07) is 3.62. The molecule has 0 amide bonds. The molecule has 0 spiro atoms. The molecule has 0 aliphatic carbocycles. The van der Waals surface area contributed by atoms with Crippen molar-refractivity contribution in [2.24, 2.45) is 0 Å². The lowest BCUT2D eigenvalue weighted by Crippen LogP contribution is -2.05. The van der Waals surface area contributed by atoms with Crippen molar-refractivity contribution in [3.05, 3.63) is 41.1 Å². The predicted molar refractivity (Wildman–Crippen MR) is 68.2 cm³/mol. The van der Waals surface area contributed by atoms with E-state index in [1.54, 1.807) is 19.3 Å². The fourth-order valence-corrected chi connectivity index (χ4v) is 2.85. The Kier molecular flexibility index (Phi) is 3.43.